The van der Waals surface area contributed by atoms with Gasteiger partial charge in [-0.1, -0.05) is 0 Å². The van der Waals surface area contributed by atoms with Gasteiger partial charge >= 0.3 is 0 Å². The minimum atomic E-state index is -0.473. The molecule has 0 saturated heterocycles. The number of amides is 1. The number of carbonyl (C=O) groups excluding carboxylic acids is 1. The van der Waals surface area contributed by atoms with Gasteiger partial charge in [-0.05, 0) is 25.1 Å². The van der Waals surface area contributed by atoms with Gasteiger partial charge < -0.3 is 20.6 Å². The van der Waals surface area contributed by atoms with E-state index < -0.39 is 6.10 Å². The second kappa shape index (κ2) is 5.73. The van der Waals surface area contributed by atoms with Gasteiger partial charge in [0.25, 0.3) is 5.91 Å². The SMILES string of the molecule is CC(O)CN(C)c1cc(N)ccc1C(=O)N(C)C. The maximum Gasteiger partial charge on any atom is 0.255 e. The molecule has 1 unspecified atom stereocenters. The summed E-state index contributed by atoms with van der Waals surface area (Å²) in [4.78, 5) is 15.4. The molecule has 1 rings (SSSR count). The Balaban J connectivity index is 3.15. The lowest BCUT2D eigenvalue weighted by atomic mass is 10.1. The maximum atomic E-state index is 12.1. The van der Waals surface area contributed by atoms with Crippen LogP contribution in [0, 0.1) is 0 Å². The van der Waals surface area contributed by atoms with Crippen LogP contribution in [0.25, 0.3) is 0 Å². The van der Waals surface area contributed by atoms with Gasteiger partial charge in [0, 0.05) is 33.4 Å². The zero-order valence-electron chi connectivity index (χ0n) is 11.3. The number of hydrogen-bond donors (Lipinski definition) is 2. The van der Waals surface area contributed by atoms with Crippen LogP contribution >= 0.6 is 0 Å². The average Bonchev–Trinajstić information content (AvgIpc) is 2.26. The molecule has 100 valence electrons. The molecule has 0 saturated carbocycles. The number of benzene rings is 1. The molecule has 0 aliphatic carbocycles. The summed E-state index contributed by atoms with van der Waals surface area (Å²) in [7, 11) is 5.24. The monoisotopic (exact) mass is 251 g/mol. The highest BCUT2D eigenvalue weighted by molar-refractivity contribution is 6.00. The normalized spacial score (nSPS) is 12.1. The summed E-state index contributed by atoms with van der Waals surface area (Å²) < 4.78 is 0. The van der Waals surface area contributed by atoms with Crippen LogP contribution in [0.2, 0.25) is 0 Å². The Morgan fingerprint density at radius 3 is 2.50 bits per heavy atom. The molecule has 0 aliphatic heterocycles. The van der Waals surface area contributed by atoms with Crippen molar-refractivity contribution in [2.45, 2.75) is 13.0 Å². The number of likely N-dealkylation sites (N-methyl/N-ethyl adjacent to an activating group) is 1. The molecule has 0 bridgehead atoms. The largest absolute Gasteiger partial charge is 0.399 e. The van der Waals surface area contributed by atoms with Crippen molar-refractivity contribution >= 4 is 17.3 Å². The second-order valence-electron chi connectivity index (χ2n) is 4.71. The summed E-state index contributed by atoms with van der Waals surface area (Å²) in [6.07, 6.45) is -0.473. The van der Waals surface area contributed by atoms with Crippen molar-refractivity contribution in [1.82, 2.24) is 4.90 Å². The Hall–Kier alpha value is -1.75. The minimum Gasteiger partial charge on any atom is -0.399 e. The molecule has 1 atom stereocenters. The van der Waals surface area contributed by atoms with E-state index in [0.29, 0.717) is 17.8 Å². The van der Waals surface area contributed by atoms with Crippen molar-refractivity contribution in [1.29, 1.82) is 0 Å². The Kier molecular flexibility index (Phi) is 4.55. The van der Waals surface area contributed by atoms with E-state index >= 15 is 0 Å². The van der Waals surface area contributed by atoms with Crippen molar-refractivity contribution in [3.63, 3.8) is 0 Å². The van der Waals surface area contributed by atoms with Gasteiger partial charge in [0.2, 0.25) is 0 Å². The Morgan fingerprint density at radius 1 is 1.39 bits per heavy atom. The predicted octanol–water partition coefficient (Wildman–Crippen LogP) is 0.788. The van der Waals surface area contributed by atoms with Crippen LogP contribution in [-0.2, 0) is 0 Å². The number of rotatable bonds is 4. The molecule has 1 amide bonds. The van der Waals surface area contributed by atoms with E-state index in [-0.39, 0.29) is 5.91 Å². The molecule has 0 fully saturated rings. The van der Waals surface area contributed by atoms with Crippen molar-refractivity contribution in [2.75, 3.05) is 38.3 Å². The third-order valence-corrected chi connectivity index (χ3v) is 2.61. The molecule has 0 heterocycles. The maximum absolute atomic E-state index is 12.1. The zero-order chi connectivity index (χ0) is 13.9. The molecular formula is C13H21N3O2. The lowest BCUT2D eigenvalue weighted by Crippen LogP contribution is -2.30. The Labute approximate surface area is 108 Å². The van der Waals surface area contributed by atoms with E-state index in [9.17, 15) is 9.90 Å². The summed E-state index contributed by atoms with van der Waals surface area (Å²) in [5, 5.41) is 9.42. The van der Waals surface area contributed by atoms with Gasteiger partial charge in [0.1, 0.15) is 0 Å². The molecule has 5 nitrogen and oxygen atoms in total. The molecule has 0 aliphatic rings. The smallest absolute Gasteiger partial charge is 0.255 e. The number of aliphatic hydroxyl groups is 1. The van der Waals surface area contributed by atoms with Gasteiger partial charge in [-0.3, -0.25) is 4.79 Å². The number of carbonyl (C=O) groups is 1. The highest BCUT2D eigenvalue weighted by atomic mass is 16.3. The second-order valence-corrected chi connectivity index (χ2v) is 4.71. The van der Waals surface area contributed by atoms with Crippen molar-refractivity contribution in [3.8, 4) is 0 Å². The third-order valence-electron chi connectivity index (χ3n) is 2.61. The van der Waals surface area contributed by atoms with E-state index in [4.69, 9.17) is 5.73 Å². The van der Waals surface area contributed by atoms with Crippen molar-refractivity contribution in [2.24, 2.45) is 0 Å². The van der Waals surface area contributed by atoms with Gasteiger partial charge in [-0.2, -0.15) is 0 Å². The number of nitrogens with zero attached hydrogens (tertiary/aromatic N) is 2. The Morgan fingerprint density at radius 2 is 2.00 bits per heavy atom. The third kappa shape index (κ3) is 3.37. The van der Waals surface area contributed by atoms with Crippen LogP contribution in [0.3, 0.4) is 0 Å². The first-order valence-electron chi connectivity index (χ1n) is 5.83. The number of aliphatic hydroxyl groups excluding tert-OH is 1. The minimum absolute atomic E-state index is 0.0811. The first kappa shape index (κ1) is 14.3. The van der Waals surface area contributed by atoms with Crippen LogP contribution in [0.4, 0.5) is 11.4 Å². The van der Waals surface area contributed by atoms with Gasteiger partial charge in [-0.25, -0.2) is 0 Å². The van der Waals surface area contributed by atoms with Crippen molar-refractivity contribution in [3.05, 3.63) is 23.8 Å². The van der Waals surface area contributed by atoms with E-state index in [1.54, 1.807) is 39.2 Å². The summed E-state index contributed by atoms with van der Waals surface area (Å²) in [5.41, 5.74) is 7.67. The molecule has 0 radical (unpaired) electrons. The van der Waals surface area contributed by atoms with E-state index in [1.807, 2.05) is 11.9 Å². The number of anilines is 2. The quantitative estimate of drug-likeness (QED) is 0.776. The standard InChI is InChI=1S/C13H21N3O2/c1-9(17)8-16(4)12-7-10(14)5-6-11(12)13(18)15(2)3/h5-7,9,17H,8,14H2,1-4H3. The van der Waals surface area contributed by atoms with Gasteiger partial charge in [-0.15, -0.1) is 0 Å². The van der Waals surface area contributed by atoms with Crippen LogP contribution in [0.15, 0.2) is 18.2 Å². The fourth-order valence-corrected chi connectivity index (χ4v) is 1.78. The molecule has 1 aromatic carbocycles. The lowest BCUT2D eigenvalue weighted by Gasteiger charge is -2.24. The summed E-state index contributed by atoms with van der Waals surface area (Å²) in [5.74, 6) is -0.0811. The summed E-state index contributed by atoms with van der Waals surface area (Å²) in [6.45, 7) is 2.15. The highest BCUT2D eigenvalue weighted by Gasteiger charge is 2.17. The number of nitrogens with two attached hydrogens (primary N) is 1. The number of hydrogen-bond acceptors (Lipinski definition) is 4. The van der Waals surface area contributed by atoms with Crippen LogP contribution < -0.4 is 10.6 Å². The van der Waals surface area contributed by atoms with E-state index in [0.717, 1.165) is 5.69 Å². The first-order valence-corrected chi connectivity index (χ1v) is 5.83. The number of nitrogen functional groups attached to an aromatic ring is 1. The van der Waals surface area contributed by atoms with Crippen LogP contribution in [0.1, 0.15) is 17.3 Å². The average molecular weight is 251 g/mol. The topological polar surface area (TPSA) is 69.8 Å². The molecule has 1 aromatic rings. The van der Waals surface area contributed by atoms with Gasteiger partial charge in [0.05, 0.1) is 17.4 Å². The molecular weight excluding hydrogens is 230 g/mol. The zero-order valence-corrected chi connectivity index (χ0v) is 11.3. The fourth-order valence-electron chi connectivity index (χ4n) is 1.78. The summed E-state index contributed by atoms with van der Waals surface area (Å²) >= 11 is 0. The molecule has 0 aromatic heterocycles. The fraction of sp³-hybridized carbons (Fsp3) is 0.462. The molecule has 0 spiro atoms. The Bertz CT molecular complexity index is 430. The first-order chi connectivity index (χ1) is 8.32. The van der Waals surface area contributed by atoms with Gasteiger partial charge in [0.15, 0.2) is 0 Å². The van der Waals surface area contributed by atoms with E-state index in [1.165, 1.54) is 4.90 Å². The predicted molar refractivity (Wildman–Crippen MR) is 73.8 cm³/mol. The molecule has 5 heteroatoms. The van der Waals surface area contributed by atoms with Crippen molar-refractivity contribution < 1.29 is 9.90 Å². The highest BCUT2D eigenvalue weighted by Crippen LogP contribution is 2.24. The van der Waals surface area contributed by atoms with Crippen LogP contribution in [0.5, 0.6) is 0 Å². The molecule has 18 heavy (non-hydrogen) atoms. The van der Waals surface area contributed by atoms with Crippen LogP contribution in [-0.4, -0.2) is 49.7 Å². The summed E-state index contributed by atoms with van der Waals surface area (Å²) in [6, 6.07) is 5.17. The molecule has 3 N–H and O–H groups in total. The lowest BCUT2D eigenvalue weighted by molar-refractivity contribution is 0.0828. The van der Waals surface area contributed by atoms with E-state index in [2.05, 4.69) is 0 Å².